The van der Waals surface area contributed by atoms with Gasteiger partial charge in [0.1, 0.15) is 5.52 Å². The van der Waals surface area contributed by atoms with E-state index in [4.69, 9.17) is 27.6 Å². The van der Waals surface area contributed by atoms with Crippen LogP contribution in [0.3, 0.4) is 0 Å². The minimum absolute atomic E-state index is 0.160. The van der Waals surface area contributed by atoms with Crippen molar-refractivity contribution in [3.8, 4) is 11.5 Å². The first-order valence-electron chi connectivity index (χ1n) is 6.16. The van der Waals surface area contributed by atoms with Crippen molar-refractivity contribution in [2.45, 2.75) is 6.92 Å². The Balaban J connectivity index is 2.10. The van der Waals surface area contributed by atoms with Crippen molar-refractivity contribution in [1.29, 1.82) is 0 Å². The Morgan fingerprint density at radius 3 is 2.76 bits per heavy atom. The van der Waals surface area contributed by atoms with Gasteiger partial charge in [0.15, 0.2) is 5.58 Å². The molecule has 0 aliphatic heterocycles. The molecule has 1 amide bonds. The topological polar surface area (TPSA) is 55.1 Å². The van der Waals surface area contributed by atoms with Gasteiger partial charge >= 0.3 is 0 Å². The van der Waals surface area contributed by atoms with Crippen LogP contribution < -0.4 is 5.32 Å². The molecule has 0 saturated heterocycles. The molecule has 0 bridgehead atoms. The number of fused-ring (bicyclic) bond motifs is 1. The molecule has 21 heavy (non-hydrogen) atoms. The number of hydrogen-bond acceptors (Lipinski definition) is 3. The lowest BCUT2D eigenvalue weighted by Crippen LogP contribution is -2.05. The SMILES string of the molecule is CC(=O)Nc1ccc(Cl)c(-c2nc3cc(Cl)ccc3o2)c1. The second-order valence-electron chi connectivity index (χ2n) is 4.51. The summed E-state index contributed by atoms with van der Waals surface area (Å²) in [6, 6.07) is 10.3. The van der Waals surface area contributed by atoms with Crippen LogP contribution in [0.2, 0.25) is 10.0 Å². The van der Waals surface area contributed by atoms with E-state index in [0.717, 1.165) is 0 Å². The van der Waals surface area contributed by atoms with Crippen molar-refractivity contribution >= 4 is 45.9 Å². The fourth-order valence-electron chi connectivity index (χ4n) is 1.99. The molecular weight excluding hydrogens is 311 g/mol. The summed E-state index contributed by atoms with van der Waals surface area (Å²) < 4.78 is 5.68. The molecule has 2 aromatic carbocycles. The molecule has 4 nitrogen and oxygen atoms in total. The predicted octanol–water partition coefficient (Wildman–Crippen LogP) is 4.76. The van der Waals surface area contributed by atoms with E-state index in [1.165, 1.54) is 6.92 Å². The van der Waals surface area contributed by atoms with Crippen molar-refractivity contribution < 1.29 is 9.21 Å². The quantitative estimate of drug-likeness (QED) is 0.740. The Kier molecular flexibility index (Phi) is 3.57. The molecule has 0 spiro atoms. The van der Waals surface area contributed by atoms with Gasteiger partial charge in [0.2, 0.25) is 11.8 Å². The second-order valence-corrected chi connectivity index (χ2v) is 5.35. The van der Waals surface area contributed by atoms with Crippen LogP contribution in [0.15, 0.2) is 40.8 Å². The highest BCUT2D eigenvalue weighted by Crippen LogP contribution is 2.32. The van der Waals surface area contributed by atoms with E-state index in [9.17, 15) is 4.79 Å². The van der Waals surface area contributed by atoms with Gasteiger partial charge in [-0.2, -0.15) is 0 Å². The standard InChI is InChI=1S/C15H10Cl2N2O2/c1-8(20)18-10-3-4-12(17)11(7-10)15-19-13-6-9(16)2-5-14(13)21-15/h2-7H,1H3,(H,18,20). The van der Waals surface area contributed by atoms with Gasteiger partial charge in [0.05, 0.1) is 10.6 Å². The fourth-order valence-corrected chi connectivity index (χ4v) is 2.35. The van der Waals surface area contributed by atoms with Gasteiger partial charge in [-0.3, -0.25) is 4.79 Å². The zero-order chi connectivity index (χ0) is 15.0. The normalized spacial score (nSPS) is 10.8. The van der Waals surface area contributed by atoms with E-state index in [1.807, 2.05) is 0 Å². The molecule has 1 aromatic heterocycles. The Morgan fingerprint density at radius 2 is 2.00 bits per heavy atom. The monoisotopic (exact) mass is 320 g/mol. The summed E-state index contributed by atoms with van der Waals surface area (Å²) in [5, 5.41) is 3.77. The highest BCUT2D eigenvalue weighted by atomic mass is 35.5. The Bertz CT molecular complexity index is 843. The van der Waals surface area contributed by atoms with E-state index in [2.05, 4.69) is 10.3 Å². The van der Waals surface area contributed by atoms with Crippen LogP contribution in [0.4, 0.5) is 5.69 Å². The third-order valence-corrected chi connectivity index (χ3v) is 3.43. The van der Waals surface area contributed by atoms with Crippen molar-refractivity contribution in [1.82, 2.24) is 4.98 Å². The maximum absolute atomic E-state index is 11.1. The summed E-state index contributed by atoms with van der Waals surface area (Å²) >= 11 is 12.1. The Labute approximate surface area is 130 Å². The molecule has 106 valence electrons. The molecule has 0 atom stereocenters. The zero-order valence-corrected chi connectivity index (χ0v) is 12.5. The largest absolute Gasteiger partial charge is 0.436 e. The number of anilines is 1. The smallest absolute Gasteiger partial charge is 0.228 e. The summed E-state index contributed by atoms with van der Waals surface area (Å²) in [5.41, 5.74) is 2.51. The number of nitrogens with one attached hydrogen (secondary N) is 1. The molecule has 0 radical (unpaired) electrons. The van der Waals surface area contributed by atoms with E-state index < -0.39 is 0 Å². The fraction of sp³-hybridized carbons (Fsp3) is 0.0667. The maximum Gasteiger partial charge on any atom is 0.228 e. The number of aromatic nitrogens is 1. The molecule has 0 fully saturated rings. The van der Waals surface area contributed by atoms with Crippen molar-refractivity contribution in [2.75, 3.05) is 5.32 Å². The third-order valence-electron chi connectivity index (χ3n) is 2.87. The van der Waals surface area contributed by atoms with E-state index in [1.54, 1.807) is 36.4 Å². The molecule has 0 unspecified atom stereocenters. The van der Waals surface area contributed by atoms with Gasteiger partial charge in [-0.05, 0) is 36.4 Å². The van der Waals surface area contributed by atoms with E-state index in [0.29, 0.717) is 38.3 Å². The van der Waals surface area contributed by atoms with E-state index >= 15 is 0 Å². The number of halogens is 2. The average Bonchev–Trinajstić information content (AvgIpc) is 2.83. The number of benzene rings is 2. The van der Waals surface area contributed by atoms with Gasteiger partial charge < -0.3 is 9.73 Å². The molecule has 0 saturated carbocycles. The molecule has 3 rings (SSSR count). The molecule has 1 N–H and O–H groups in total. The molecule has 0 aliphatic carbocycles. The van der Waals surface area contributed by atoms with Crippen LogP contribution in [-0.4, -0.2) is 10.9 Å². The highest BCUT2D eigenvalue weighted by molar-refractivity contribution is 6.33. The summed E-state index contributed by atoms with van der Waals surface area (Å²) in [5.74, 6) is 0.220. The van der Waals surface area contributed by atoms with Gasteiger partial charge in [-0.25, -0.2) is 4.98 Å². The van der Waals surface area contributed by atoms with Gasteiger partial charge in [0, 0.05) is 17.6 Å². The first kappa shape index (κ1) is 13.9. The van der Waals surface area contributed by atoms with Crippen molar-refractivity contribution in [3.05, 3.63) is 46.4 Å². The van der Waals surface area contributed by atoms with E-state index in [-0.39, 0.29) is 5.91 Å². The van der Waals surface area contributed by atoms with Crippen molar-refractivity contribution in [3.63, 3.8) is 0 Å². The Hall–Kier alpha value is -2.04. The average molecular weight is 321 g/mol. The van der Waals surface area contributed by atoms with Crippen LogP contribution in [0.1, 0.15) is 6.92 Å². The second kappa shape index (κ2) is 5.39. The van der Waals surface area contributed by atoms with Crippen LogP contribution in [0, 0.1) is 0 Å². The number of nitrogens with zero attached hydrogens (tertiary/aromatic N) is 1. The molecule has 0 aliphatic rings. The summed E-state index contributed by atoms with van der Waals surface area (Å²) in [6.07, 6.45) is 0. The number of hydrogen-bond donors (Lipinski definition) is 1. The summed E-state index contributed by atoms with van der Waals surface area (Å²) in [4.78, 5) is 15.5. The van der Waals surface area contributed by atoms with Crippen LogP contribution >= 0.6 is 23.2 Å². The predicted molar refractivity (Wildman–Crippen MR) is 83.8 cm³/mol. The van der Waals surface area contributed by atoms with Crippen LogP contribution in [0.25, 0.3) is 22.6 Å². The minimum atomic E-state index is -0.160. The first-order valence-corrected chi connectivity index (χ1v) is 6.92. The number of amides is 1. The summed E-state index contributed by atoms with van der Waals surface area (Å²) in [7, 11) is 0. The Morgan fingerprint density at radius 1 is 1.19 bits per heavy atom. The van der Waals surface area contributed by atoms with Gasteiger partial charge in [-0.1, -0.05) is 23.2 Å². The van der Waals surface area contributed by atoms with Crippen molar-refractivity contribution in [2.24, 2.45) is 0 Å². The van der Waals surface area contributed by atoms with Crippen LogP contribution in [-0.2, 0) is 4.79 Å². The number of oxazole rings is 1. The molecular formula is C15H10Cl2N2O2. The minimum Gasteiger partial charge on any atom is -0.436 e. The van der Waals surface area contributed by atoms with Gasteiger partial charge in [-0.15, -0.1) is 0 Å². The van der Waals surface area contributed by atoms with Gasteiger partial charge in [0.25, 0.3) is 0 Å². The molecule has 3 aromatic rings. The lowest BCUT2D eigenvalue weighted by atomic mass is 10.2. The molecule has 1 heterocycles. The summed E-state index contributed by atoms with van der Waals surface area (Å²) in [6.45, 7) is 1.44. The number of carbonyl (C=O) groups is 1. The number of rotatable bonds is 2. The lowest BCUT2D eigenvalue weighted by molar-refractivity contribution is -0.114. The van der Waals surface area contributed by atoms with Crippen LogP contribution in [0.5, 0.6) is 0 Å². The molecule has 6 heteroatoms. The maximum atomic E-state index is 11.1. The number of carbonyl (C=O) groups excluding carboxylic acids is 1. The first-order chi connectivity index (χ1) is 10.0. The zero-order valence-electron chi connectivity index (χ0n) is 11.0. The highest BCUT2D eigenvalue weighted by Gasteiger charge is 2.13. The lowest BCUT2D eigenvalue weighted by Gasteiger charge is -2.05. The third kappa shape index (κ3) is 2.86.